The molecule has 0 aromatic heterocycles. The highest BCUT2D eigenvalue weighted by Gasteiger charge is 2.18. The van der Waals surface area contributed by atoms with Crippen molar-refractivity contribution in [2.45, 2.75) is 39.2 Å². The monoisotopic (exact) mass is 271 g/mol. The Balaban J connectivity index is 1.99. The molecule has 4 heteroatoms. The summed E-state index contributed by atoms with van der Waals surface area (Å²) in [6, 6.07) is 0.687. The Morgan fingerprint density at radius 2 is 2.05 bits per heavy atom. The second-order valence-electron chi connectivity index (χ2n) is 5.65. The molecule has 0 amide bonds. The number of unbranched alkanes of at least 4 members (excludes halogenated alkanes) is 1. The lowest BCUT2D eigenvalue weighted by Gasteiger charge is -2.27. The van der Waals surface area contributed by atoms with Crippen LogP contribution in [0, 0.1) is 0 Å². The van der Waals surface area contributed by atoms with E-state index in [0.717, 1.165) is 26.3 Å². The number of nitrogens with one attached hydrogen (secondary N) is 1. The summed E-state index contributed by atoms with van der Waals surface area (Å²) in [5.41, 5.74) is 0. The van der Waals surface area contributed by atoms with Crippen molar-refractivity contribution in [3.8, 4) is 0 Å². The molecule has 4 nitrogen and oxygen atoms in total. The Hall–Kier alpha value is -0.160. The first kappa shape index (κ1) is 16.9. The highest BCUT2D eigenvalue weighted by atomic mass is 16.5. The van der Waals surface area contributed by atoms with Crippen molar-refractivity contribution < 1.29 is 4.74 Å². The predicted molar refractivity (Wildman–Crippen MR) is 81.7 cm³/mol. The Morgan fingerprint density at radius 1 is 1.21 bits per heavy atom. The van der Waals surface area contributed by atoms with E-state index >= 15 is 0 Å². The Kier molecular flexibility index (Phi) is 9.43. The van der Waals surface area contributed by atoms with Crippen LogP contribution < -0.4 is 5.32 Å². The molecule has 1 N–H and O–H groups in total. The summed E-state index contributed by atoms with van der Waals surface area (Å²) in [7, 11) is 2.23. The molecular weight excluding hydrogens is 238 g/mol. The van der Waals surface area contributed by atoms with E-state index < -0.39 is 0 Å². The zero-order chi connectivity index (χ0) is 13.9. The Morgan fingerprint density at radius 3 is 2.84 bits per heavy atom. The van der Waals surface area contributed by atoms with E-state index in [4.69, 9.17) is 4.74 Å². The quantitative estimate of drug-likeness (QED) is 0.642. The smallest absolute Gasteiger partial charge is 0.0466 e. The van der Waals surface area contributed by atoms with Crippen molar-refractivity contribution in [2.24, 2.45) is 0 Å². The van der Waals surface area contributed by atoms with Gasteiger partial charge >= 0.3 is 0 Å². The van der Waals surface area contributed by atoms with Crippen LogP contribution in [0.3, 0.4) is 0 Å². The van der Waals surface area contributed by atoms with Gasteiger partial charge in [-0.2, -0.15) is 0 Å². The lowest BCUT2D eigenvalue weighted by Crippen LogP contribution is -2.41. The summed E-state index contributed by atoms with van der Waals surface area (Å²) in [5, 5.41) is 3.55. The minimum atomic E-state index is 0.687. The third-order valence-electron chi connectivity index (χ3n) is 3.86. The lowest BCUT2D eigenvalue weighted by atomic mass is 10.2. The molecule has 0 aromatic rings. The maximum Gasteiger partial charge on any atom is 0.0466 e. The van der Waals surface area contributed by atoms with Crippen LogP contribution in [0.4, 0.5) is 0 Å². The maximum atomic E-state index is 5.33. The molecule has 1 unspecified atom stereocenters. The summed E-state index contributed by atoms with van der Waals surface area (Å²) in [6.45, 7) is 13.3. The molecule has 1 rings (SSSR count). The molecular formula is C15H33N3O. The third-order valence-corrected chi connectivity index (χ3v) is 3.86. The molecule has 114 valence electrons. The third kappa shape index (κ3) is 7.88. The summed E-state index contributed by atoms with van der Waals surface area (Å²) in [6.07, 6.45) is 3.69. The van der Waals surface area contributed by atoms with Crippen LogP contribution in [0.15, 0.2) is 0 Å². The number of hydrogen-bond donors (Lipinski definition) is 1. The minimum absolute atomic E-state index is 0.687. The summed E-state index contributed by atoms with van der Waals surface area (Å²) in [5.74, 6) is 0. The molecule has 0 saturated carbocycles. The molecule has 1 aliphatic heterocycles. The van der Waals surface area contributed by atoms with Gasteiger partial charge < -0.3 is 15.0 Å². The lowest BCUT2D eigenvalue weighted by molar-refractivity contribution is 0.143. The number of ether oxygens (including phenoxy) is 1. The minimum Gasteiger partial charge on any atom is -0.382 e. The first-order chi connectivity index (χ1) is 9.24. The molecule has 1 aliphatic rings. The molecule has 1 fully saturated rings. The highest BCUT2D eigenvalue weighted by molar-refractivity contribution is 4.75. The van der Waals surface area contributed by atoms with Crippen LogP contribution in [-0.4, -0.2) is 75.4 Å². The average Bonchev–Trinajstić information content (AvgIpc) is 2.54. The van der Waals surface area contributed by atoms with E-state index in [1.165, 1.54) is 45.4 Å². The van der Waals surface area contributed by atoms with Crippen molar-refractivity contribution in [3.05, 3.63) is 0 Å². The molecule has 0 aromatic carbocycles. The van der Waals surface area contributed by atoms with Crippen molar-refractivity contribution in [3.63, 3.8) is 0 Å². The van der Waals surface area contributed by atoms with Gasteiger partial charge in [-0.3, -0.25) is 4.90 Å². The van der Waals surface area contributed by atoms with Crippen LogP contribution in [0.2, 0.25) is 0 Å². The van der Waals surface area contributed by atoms with E-state index in [1.807, 2.05) is 0 Å². The second-order valence-corrected chi connectivity index (χ2v) is 5.65. The molecule has 1 saturated heterocycles. The molecule has 0 aliphatic carbocycles. The van der Waals surface area contributed by atoms with Crippen LogP contribution in [-0.2, 0) is 4.74 Å². The van der Waals surface area contributed by atoms with E-state index in [2.05, 4.69) is 36.0 Å². The van der Waals surface area contributed by atoms with Crippen LogP contribution in [0.25, 0.3) is 0 Å². The van der Waals surface area contributed by atoms with Gasteiger partial charge in [0.25, 0.3) is 0 Å². The van der Waals surface area contributed by atoms with Gasteiger partial charge in [-0.05, 0) is 59.8 Å². The fraction of sp³-hybridized carbons (Fsp3) is 1.00. The van der Waals surface area contributed by atoms with E-state index in [1.54, 1.807) is 0 Å². The SMILES string of the molecule is CCOCCCCNCCN1CCCN(C)CC1C. The molecule has 0 spiro atoms. The van der Waals surface area contributed by atoms with Gasteiger partial charge in [-0.15, -0.1) is 0 Å². The fourth-order valence-corrected chi connectivity index (χ4v) is 2.70. The van der Waals surface area contributed by atoms with Crippen molar-refractivity contribution in [2.75, 3.05) is 59.5 Å². The molecule has 0 bridgehead atoms. The highest BCUT2D eigenvalue weighted by Crippen LogP contribution is 2.07. The topological polar surface area (TPSA) is 27.7 Å². The number of nitrogens with zero attached hydrogens (tertiary/aromatic N) is 2. The zero-order valence-electron chi connectivity index (χ0n) is 13.2. The summed E-state index contributed by atoms with van der Waals surface area (Å²) >= 11 is 0. The van der Waals surface area contributed by atoms with Crippen molar-refractivity contribution >= 4 is 0 Å². The Labute approximate surface area is 119 Å². The predicted octanol–water partition coefficient (Wildman–Crippen LogP) is 1.42. The van der Waals surface area contributed by atoms with Gasteiger partial charge in [0.1, 0.15) is 0 Å². The standard InChI is InChI=1S/C15H33N3O/c1-4-19-13-6-5-8-16-9-12-18-11-7-10-17(3)14-15(18)2/h15-16H,4-14H2,1-3H3. The van der Waals surface area contributed by atoms with Gasteiger partial charge in [0, 0.05) is 38.9 Å². The van der Waals surface area contributed by atoms with Gasteiger partial charge in [0.15, 0.2) is 0 Å². The zero-order valence-corrected chi connectivity index (χ0v) is 13.2. The van der Waals surface area contributed by atoms with E-state index in [9.17, 15) is 0 Å². The number of rotatable bonds is 9. The Bertz CT molecular complexity index is 214. The maximum absolute atomic E-state index is 5.33. The van der Waals surface area contributed by atoms with Crippen molar-refractivity contribution in [1.82, 2.24) is 15.1 Å². The normalized spacial score (nSPS) is 22.6. The molecule has 0 radical (unpaired) electrons. The molecule has 19 heavy (non-hydrogen) atoms. The first-order valence-corrected chi connectivity index (χ1v) is 7.95. The summed E-state index contributed by atoms with van der Waals surface area (Å²) < 4.78 is 5.33. The first-order valence-electron chi connectivity index (χ1n) is 7.95. The van der Waals surface area contributed by atoms with Gasteiger partial charge in [-0.25, -0.2) is 0 Å². The van der Waals surface area contributed by atoms with E-state index in [-0.39, 0.29) is 0 Å². The largest absolute Gasteiger partial charge is 0.382 e. The van der Waals surface area contributed by atoms with Crippen molar-refractivity contribution in [1.29, 1.82) is 0 Å². The molecule has 1 heterocycles. The fourth-order valence-electron chi connectivity index (χ4n) is 2.70. The van der Waals surface area contributed by atoms with Gasteiger partial charge in [0.2, 0.25) is 0 Å². The average molecular weight is 271 g/mol. The van der Waals surface area contributed by atoms with Crippen LogP contribution in [0.1, 0.15) is 33.1 Å². The number of likely N-dealkylation sites (N-methyl/N-ethyl adjacent to an activating group) is 1. The second kappa shape index (κ2) is 10.6. The van der Waals surface area contributed by atoms with Gasteiger partial charge in [0.05, 0.1) is 0 Å². The summed E-state index contributed by atoms with van der Waals surface area (Å²) in [4.78, 5) is 5.07. The molecule has 1 atom stereocenters. The van der Waals surface area contributed by atoms with Crippen LogP contribution >= 0.6 is 0 Å². The van der Waals surface area contributed by atoms with E-state index in [0.29, 0.717) is 6.04 Å². The number of hydrogen-bond acceptors (Lipinski definition) is 4. The van der Waals surface area contributed by atoms with Gasteiger partial charge in [-0.1, -0.05) is 0 Å². The van der Waals surface area contributed by atoms with Crippen LogP contribution in [0.5, 0.6) is 0 Å².